The third-order valence-electron chi connectivity index (χ3n) is 5.48. The van der Waals surface area contributed by atoms with Gasteiger partial charge in [0.25, 0.3) is 0 Å². The van der Waals surface area contributed by atoms with E-state index >= 15 is 0 Å². The van der Waals surface area contributed by atoms with E-state index in [4.69, 9.17) is 20.9 Å². The molecule has 2 aliphatic heterocycles. The van der Waals surface area contributed by atoms with Gasteiger partial charge in [-0.2, -0.15) is 4.98 Å². The maximum absolute atomic E-state index is 12.4. The minimum Gasteiger partial charge on any atom is -0.375 e. The number of hydrogen-bond acceptors (Lipinski definition) is 6. The van der Waals surface area contributed by atoms with Crippen molar-refractivity contribution < 1.29 is 14.1 Å². The topological polar surface area (TPSA) is 71.7 Å². The first-order valence-corrected chi connectivity index (χ1v) is 9.40. The molecule has 1 spiro atoms. The molecule has 2 saturated heterocycles. The lowest BCUT2D eigenvalue weighted by Crippen LogP contribution is -2.59. The first-order chi connectivity index (χ1) is 13.0. The SMILES string of the molecule is COCC(=O)N1CC(c2nc(C)no2)C2(CN(Cc3cccc(Cl)c3)C2)C1. The van der Waals surface area contributed by atoms with Crippen LogP contribution in [0, 0.1) is 12.3 Å². The zero-order chi connectivity index (χ0) is 19.0. The first kappa shape index (κ1) is 18.4. The van der Waals surface area contributed by atoms with Gasteiger partial charge in [0.1, 0.15) is 6.61 Å². The standard InChI is InChI=1S/C19H23ClN4O3/c1-13-21-18(27-22-13)16-8-24(17(25)9-26-2)12-19(16)10-23(11-19)7-14-4-3-5-15(20)6-14/h3-6,16H,7-12H2,1-2H3. The molecular weight excluding hydrogens is 368 g/mol. The number of carbonyl (C=O) groups is 1. The van der Waals surface area contributed by atoms with E-state index in [0.717, 1.165) is 24.7 Å². The lowest BCUT2D eigenvalue weighted by atomic mass is 9.71. The Morgan fingerprint density at radius 3 is 2.89 bits per heavy atom. The van der Waals surface area contributed by atoms with Crippen LogP contribution < -0.4 is 0 Å². The largest absolute Gasteiger partial charge is 0.375 e. The molecule has 7 nitrogen and oxygen atoms in total. The van der Waals surface area contributed by atoms with E-state index in [-0.39, 0.29) is 23.8 Å². The molecule has 1 aromatic heterocycles. The first-order valence-electron chi connectivity index (χ1n) is 9.03. The van der Waals surface area contributed by atoms with Gasteiger partial charge in [-0.15, -0.1) is 0 Å². The van der Waals surface area contributed by atoms with Gasteiger partial charge in [-0.1, -0.05) is 28.9 Å². The number of carbonyl (C=O) groups excluding carboxylic acids is 1. The summed E-state index contributed by atoms with van der Waals surface area (Å²) < 4.78 is 10.5. The lowest BCUT2D eigenvalue weighted by molar-refractivity contribution is -0.135. The normalized spacial score (nSPS) is 21.6. The summed E-state index contributed by atoms with van der Waals surface area (Å²) in [6, 6.07) is 7.93. The average Bonchev–Trinajstić information content (AvgIpc) is 3.19. The van der Waals surface area contributed by atoms with Crippen molar-refractivity contribution in [1.82, 2.24) is 19.9 Å². The van der Waals surface area contributed by atoms with Crippen molar-refractivity contribution in [3.63, 3.8) is 0 Å². The molecule has 144 valence electrons. The Kier molecular flexibility index (Phi) is 4.92. The highest BCUT2D eigenvalue weighted by Crippen LogP contribution is 2.49. The zero-order valence-electron chi connectivity index (χ0n) is 15.5. The number of likely N-dealkylation sites (tertiary alicyclic amines) is 2. The summed E-state index contributed by atoms with van der Waals surface area (Å²) in [5.41, 5.74) is 1.13. The number of nitrogens with zero attached hydrogens (tertiary/aromatic N) is 4. The Morgan fingerprint density at radius 2 is 2.22 bits per heavy atom. The van der Waals surface area contributed by atoms with Gasteiger partial charge in [0, 0.05) is 50.3 Å². The number of aromatic nitrogens is 2. The number of benzene rings is 1. The van der Waals surface area contributed by atoms with Gasteiger partial charge in [0.15, 0.2) is 5.82 Å². The summed E-state index contributed by atoms with van der Waals surface area (Å²) in [7, 11) is 1.54. The van der Waals surface area contributed by atoms with Crippen LogP contribution in [-0.4, -0.2) is 65.7 Å². The van der Waals surface area contributed by atoms with Crippen LogP contribution in [0.15, 0.2) is 28.8 Å². The van der Waals surface area contributed by atoms with Crippen LogP contribution in [0.5, 0.6) is 0 Å². The van der Waals surface area contributed by atoms with Gasteiger partial charge in [0.05, 0.1) is 5.92 Å². The number of methoxy groups -OCH3 is 1. The highest BCUT2D eigenvalue weighted by Gasteiger charge is 2.57. The van der Waals surface area contributed by atoms with Crippen LogP contribution in [0.25, 0.3) is 0 Å². The van der Waals surface area contributed by atoms with E-state index in [1.807, 2.05) is 30.0 Å². The van der Waals surface area contributed by atoms with Gasteiger partial charge in [-0.25, -0.2) is 0 Å². The van der Waals surface area contributed by atoms with Crippen LogP contribution in [0.3, 0.4) is 0 Å². The molecule has 0 saturated carbocycles. The Balaban J connectivity index is 1.50. The second-order valence-electron chi connectivity index (χ2n) is 7.58. The molecule has 8 heteroatoms. The molecule has 4 rings (SSSR count). The summed E-state index contributed by atoms with van der Waals surface area (Å²) in [5, 5.41) is 4.69. The van der Waals surface area contributed by atoms with Gasteiger partial charge in [-0.3, -0.25) is 9.69 Å². The van der Waals surface area contributed by atoms with Crippen molar-refractivity contribution >= 4 is 17.5 Å². The fourth-order valence-electron chi connectivity index (χ4n) is 4.34. The maximum Gasteiger partial charge on any atom is 0.248 e. The second-order valence-corrected chi connectivity index (χ2v) is 8.01. The number of ether oxygens (including phenoxy) is 1. The number of aryl methyl sites for hydroxylation is 1. The summed E-state index contributed by atoms with van der Waals surface area (Å²) in [5.74, 6) is 1.30. The molecule has 1 atom stereocenters. The number of hydrogen-bond donors (Lipinski definition) is 0. The predicted octanol–water partition coefficient (Wildman–Crippen LogP) is 2.11. The Hall–Kier alpha value is -1.96. The Morgan fingerprint density at radius 1 is 1.41 bits per heavy atom. The monoisotopic (exact) mass is 390 g/mol. The number of amides is 1. The van der Waals surface area contributed by atoms with Crippen molar-refractivity contribution in [2.24, 2.45) is 5.41 Å². The van der Waals surface area contributed by atoms with E-state index in [0.29, 0.717) is 24.8 Å². The van der Waals surface area contributed by atoms with Crippen LogP contribution in [-0.2, 0) is 16.1 Å². The van der Waals surface area contributed by atoms with Crippen molar-refractivity contribution in [2.75, 3.05) is 39.9 Å². The third-order valence-corrected chi connectivity index (χ3v) is 5.72. The molecule has 2 aliphatic rings. The quantitative estimate of drug-likeness (QED) is 0.778. The smallest absolute Gasteiger partial charge is 0.248 e. The molecule has 0 bridgehead atoms. The summed E-state index contributed by atoms with van der Waals surface area (Å²) >= 11 is 6.10. The third kappa shape index (κ3) is 3.59. The molecule has 2 fully saturated rings. The van der Waals surface area contributed by atoms with E-state index < -0.39 is 0 Å². The zero-order valence-corrected chi connectivity index (χ0v) is 16.3. The molecule has 1 amide bonds. The van der Waals surface area contributed by atoms with Gasteiger partial charge in [-0.05, 0) is 24.6 Å². The number of halogens is 1. The highest BCUT2D eigenvalue weighted by atomic mass is 35.5. The maximum atomic E-state index is 12.4. The van der Waals surface area contributed by atoms with Crippen molar-refractivity contribution in [3.8, 4) is 0 Å². The minimum atomic E-state index is -0.0546. The van der Waals surface area contributed by atoms with E-state index in [2.05, 4.69) is 21.1 Å². The highest BCUT2D eigenvalue weighted by molar-refractivity contribution is 6.30. The van der Waals surface area contributed by atoms with Crippen molar-refractivity contribution in [3.05, 3.63) is 46.6 Å². The molecule has 0 N–H and O–H groups in total. The summed E-state index contributed by atoms with van der Waals surface area (Å²) in [4.78, 5) is 21.1. The van der Waals surface area contributed by atoms with Crippen LogP contribution in [0.1, 0.15) is 23.2 Å². The molecule has 1 unspecified atom stereocenters. The lowest BCUT2D eigenvalue weighted by Gasteiger charge is -2.50. The number of rotatable bonds is 5. The second kappa shape index (κ2) is 7.22. The van der Waals surface area contributed by atoms with Gasteiger partial charge < -0.3 is 14.2 Å². The van der Waals surface area contributed by atoms with Crippen LogP contribution in [0.2, 0.25) is 5.02 Å². The minimum absolute atomic E-state index is 0.00361. The fraction of sp³-hybridized carbons (Fsp3) is 0.526. The average molecular weight is 391 g/mol. The fourth-order valence-corrected chi connectivity index (χ4v) is 4.55. The van der Waals surface area contributed by atoms with E-state index in [1.165, 1.54) is 5.56 Å². The van der Waals surface area contributed by atoms with Gasteiger partial charge in [0.2, 0.25) is 11.8 Å². The summed E-state index contributed by atoms with van der Waals surface area (Å²) in [6.07, 6.45) is 0. The van der Waals surface area contributed by atoms with Crippen LogP contribution >= 0.6 is 11.6 Å². The molecule has 3 heterocycles. The Labute approximate surface area is 163 Å². The molecule has 1 aromatic carbocycles. The van der Waals surface area contributed by atoms with E-state index in [9.17, 15) is 4.79 Å². The van der Waals surface area contributed by atoms with Crippen molar-refractivity contribution in [2.45, 2.75) is 19.4 Å². The molecule has 27 heavy (non-hydrogen) atoms. The van der Waals surface area contributed by atoms with Crippen molar-refractivity contribution in [1.29, 1.82) is 0 Å². The van der Waals surface area contributed by atoms with Gasteiger partial charge >= 0.3 is 0 Å². The molecule has 0 aliphatic carbocycles. The predicted molar refractivity (Wildman–Crippen MR) is 99.4 cm³/mol. The van der Waals surface area contributed by atoms with Crippen LogP contribution in [0.4, 0.5) is 0 Å². The van der Waals surface area contributed by atoms with E-state index in [1.54, 1.807) is 7.11 Å². The summed E-state index contributed by atoms with van der Waals surface area (Å²) in [6.45, 7) is 5.78. The molecule has 2 aromatic rings. The molecule has 0 radical (unpaired) electrons. The molecular formula is C19H23ClN4O3. The Bertz CT molecular complexity index is 834.